The van der Waals surface area contributed by atoms with Gasteiger partial charge in [-0.15, -0.1) is 0 Å². The minimum atomic E-state index is 0.506. The normalized spacial score (nSPS) is 17.1. The Hall–Kier alpha value is -1.38. The van der Waals surface area contributed by atoms with Gasteiger partial charge in [-0.2, -0.15) is 0 Å². The molecule has 1 saturated carbocycles. The van der Waals surface area contributed by atoms with Gasteiger partial charge < -0.3 is 10.6 Å². The number of benzene rings is 2. The summed E-state index contributed by atoms with van der Waals surface area (Å²) >= 11 is 0. The van der Waals surface area contributed by atoms with Gasteiger partial charge in [0.05, 0.1) is 0 Å². The van der Waals surface area contributed by atoms with Gasteiger partial charge in [0.1, 0.15) is 0 Å². The lowest BCUT2D eigenvalue weighted by atomic mass is 9.68. The molecule has 1 aliphatic carbocycles. The zero-order chi connectivity index (χ0) is 13.8. The molecule has 1 aliphatic rings. The second-order valence-corrected chi connectivity index (χ2v) is 6.17. The van der Waals surface area contributed by atoms with Crippen molar-refractivity contribution in [1.29, 1.82) is 0 Å². The summed E-state index contributed by atoms with van der Waals surface area (Å²) in [5.74, 6) is 0. The van der Waals surface area contributed by atoms with Crippen LogP contribution in [0.5, 0.6) is 0 Å². The van der Waals surface area contributed by atoms with E-state index in [1.54, 1.807) is 0 Å². The van der Waals surface area contributed by atoms with Crippen molar-refractivity contribution >= 4 is 10.8 Å². The molecule has 2 heteroatoms. The van der Waals surface area contributed by atoms with Crippen molar-refractivity contribution in [2.75, 3.05) is 20.1 Å². The lowest BCUT2D eigenvalue weighted by Crippen LogP contribution is -2.46. The van der Waals surface area contributed by atoms with Crippen LogP contribution in [0.4, 0.5) is 0 Å². The lowest BCUT2D eigenvalue weighted by Gasteiger charge is -2.42. The van der Waals surface area contributed by atoms with Crippen molar-refractivity contribution in [3.8, 4) is 0 Å². The summed E-state index contributed by atoms with van der Waals surface area (Å²) < 4.78 is 0. The Kier molecular flexibility index (Phi) is 4.04. The van der Waals surface area contributed by atoms with Gasteiger partial charge in [-0.3, -0.25) is 0 Å². The van der Waals surface area contributed by atoms with E-state index in [-0.39, 0.29) is 0 Å². The molecule has 0 heterocycles. The molecule has 0 saturated heterocycles. The van der Waals surface area contributed by atoms with Crippen LogP contribution >= 0.6 is 0 Å². The Morgan fingerprint density at radius 1 is 1.00 bits per heavy atom. The summed E-state index contributed by atoms with van der Waals surface area (Å²) in [4.78, 5) is 0. The molecule has 0 atom stereocenters. The maximum Gasteiger partial charge on any atom is 0.0205 e. The van der Waals surface area contributed by atoms with E-state index in [4.69, 9.17) is 0 Å². The first-order chi connectivity index (χ1) is 9.81. The van der Waals surface area contributed by atoms with E-state index >= 15 is 0 Å². The first-order valence-corrected chi connectivity index (χ1v) is 7.64. The van der Waals surface area contributed by atoms with Gasteiger partial charge in [0.25, 0.3) is 0 Å². The summed E-state index contributed by atoms with van der Waals surface area (Å²) in [6.45, 7) is 3.23. The predicted molar refractivity (Wildman–Crippen MR) is 85.9 cm³/mol. The highest BCUT2D eigenvalue weighted by Gasteiger charge is 2.35. The molecule has 0 spiro atoms. The molecule has 1 fully saturated rings. The van der Waals surface area contributed by atoms with Crippen molar-refractivity contribution in [2.24, 2.45) is 5.41 Å². The Morgan fingerprint density at radius 2 is 1.80 bits per heavy atom. The van der Waals surface area contributed by atoms with Crippen LogP contribution in [0.3, 0.4) is 0 Å². The topological polar surface area (TPSA) is 24.1 Å². The van der Waals surface area contributed by atoms with E-state index in [1.807, 2.05) is 0 Å². The standard InChI is InChI=1S/C18H24N2/c1-19-13-18(9-4-10-18)14-20-12-15-7-8-16-5-2-3-6-17(16)11-15/h2-3,5-8,11,19-20H,4,9-10,12-14H2,1H3. The van der Waals surface area contributed by atoms with Gasteiger partial charge in [-0.25, -0.2) is 0 Å². The summed E-state index contributed by atoms with van der Waals surface area (Å²) in [5, 5.41) is 9.65. The maximum absolute atomic E-state index is 3.65. The van der Waals surface area contributed by atoms with E-state index in [0.29, 0.717) is 5.41 Å². The third kappa shape index (κ3) is 2.87. The summed E-state index contributed by atoms with van der Waals surface area (Å²) in [7, 11) is 2.06. The van der Waals surface area contributed by atoms with E-state index in [2.05, 4.69) is 60.1 Å². The number of rotatable bonds is 6. The average molecular weight is 268 g/mol. The molecule has 0 bridgehead atoms. The molecule has 0 aliphatic heterocycles. The molecule has 2 nitrogen and oxygen atoms in total. The van der Waals surface area contributed by atoms with Crippen molar-refractivity contribution in [1.82, 2.24) is 10.6 Å². The third-order valence-corrected chi connectivity index (χ3v) is 4.61. The zero-order valence-electron chi connectivity index (χ0n) is 12.3. The zero-order valence-corrected chi connectivity index (χ0v) is 12.3. The fourth-order valence-corrected chi connectivity index (χ4v) is 3.29. The van der Waals surface area contributed by atoms with Crippen molar-refractivity contribution in [3.05, 3.63) is 48.0 Å². The summed E-state index contributed by atoms with van der Waals surface area (Å²) in [6.07, 6.45) is 4.11. The molecule has 20 heavy (non-hydrogen) atoms. The molecule has 0 unspecified atom stereocenters. The van der Waals surface area contributed by atoms with E-state index in [1.165, 1.54) is 35.6 Å². The highest BCUT2D eigenvalue weighted by molar-refractivity contribution is 5.82. The molecule has 2 aromatic rings. The van der Waals surface area contributed by atoms with Crippen LogP contribution in [-0.4, -0.2) is 20.1 Å². The predicted octanol–water partition coefficient (Wildman–Crippen LogP) is 3.32. The van der Waals surface area contributed by atoms with Gasteiger partial charge in [-0.1, -0.05) is 42.8 Å². The summed E-state index contributed by atoms with van der Waals surface area (Å²) in [6, 6.07) is 15.3. The van der Waals surface area contributed by atoms with Gasteiger partial charge in [0.2, 0.25) is 0 Å². The Morgan fingerprint density at radius 3 is 2.50 bits per heavy atom. The van der Waals surface area contributed by atoms with Crippen molar-refractivity contribution in [3.63, 3.8) is 0 Å². The fraction of sp³-hybridized carbons (Fsp3) is 0.444. The highest BCUT2D eigenvalue weighted by Crippen LogP contribution is 2.39. The number of hydrogen-bond acceptors (Lipinski definition) is 2. The first kappa shape index (κ1) is 13.6. The van der Waals surface area contributed by atoms with Crippen LogP contribution in [0.2, 0.25) is 0 Å². The van der Waals surface area contributed by atoms with Crippen LogP contribution in [0, 0.1) is 5.41 Å². The van der Waals surface area contributed by atoms with Crippen LogP contribution in [0.25, 0.3) is 10.8 Å². The minimum Gasteiger partial charge on any atom is -0.319 e. The lowest BCUT2D eigenvalue weighted by molar-refractivity contribution is 0.130. The minimum absolute atomic E-state index is 0.506. The molecule has 106 valence electrons. The number of hydrogen-bond donors (Lipinski definition) is 2. The average Bonchev–Trinajstić information content (AvgIpc) is 2.44. The van der Waals surface area contributed by atoms with Crippen molar-refractivity contribution in [2.45, 2.75) is 25.8 Å². The molecule has 2 N–H and O–H groups in total. The molecule has 3 rings (SSSR count). The molecular weight excluding hydrogens is 244 g/mol. The van der Waals surface area contributed by atoms with E-state index < -0.39 is 0 Å². The second kappa shape index (κ2) is 5.94. The molecule has 0 amide bonds. The van der Waals surface area contributed by atoms with Crippen LogP contribution in [0.15, 0.2) is 42.5 Å². The van der Waals surface area contributed by atoms with Crippen molar-refractivity contribution < 1.29 is 0 Å². The maximum atomic E-state index is 3.65. The first-order valence-electron chi connectivity index (χ1n) is 7.64. The monoisotopic (exact) mass is 268 g/mol. The summed E-state index contributed by atoms with van der Waals surface area (Å²) in [5.41, 5.74) is 1.88. The quantitative estimate of drug-likeness (QED) is 0.840. The highest BCUT2D eigenvalue weighted by atomic mass is 14.9. The van der Waals surface area contributed by atoms with E-state index in [9.17, 15) is 0 Å². The number of fused-ring (bicyclic) bond motifs is 1. The van der Waals surface area contributed by atoms with Gasteiger partial charge in [-0.05, 0) is 47.7 Å². The molecule has 0 aromatic heterocycles. The van der Waals surface area contributed by atoms with Gasteiger partial charge in [0, 0.05) is 19.6 Å². The second-order valence-electron chi connectivity index (χ2n) is 6.17. The Balaban J connectivity index is 1.59. The molecule has 2 aromatic carbocycles. The largest absolute Gasteiger partial charge is 0.319 e. The Bertz CT molecular complexity index is 572. The van der Waals surface area contributed by atoms with E-state index in [0.717, 1.165) is 19.6 Å². The molecular formula is C18H24N2. The Labute approximate surface area is 121 Å². The fourth-order valence-electron chi connectivity index (χ4n) is 3.29. The number of nitrogens with one attached hydrogen (secondary N) is 2. The van der Waals surface area contributed by atoms with Crippen LogP contribution in [0.1, 0.15) is 24.8 Å². The smallest absolute Gasteiger partial charge is 0.0205 e. The third-order valence-electron chi connectivity index (χ3n) is 4.61. The molecule has 0 radical (unpaired) electrons. The van der Waals surface area contributed by atoms with Crippen LogP contribution in [-0.2, 0) is 6.54 Å². The van der Waals surface area contributed by atoms with Gasteiger partial charge >= 0.3 is 0 Å². The van der Waals surface area contributed by atoms with Crippen LogP contribution < -0.4 is 10.6 Å². The SMILES string of the molecule is CNCC1(CNCc2ccc3ccccc3c2)CCC1. The van der Waals surface area contributed by atoms with Gasteiger partial charge in [0.15, 0.2) is 0 Å².